The van der Waals surface area contributed by atoms with Crippen LogP contribution in [0.2, 0.25) is 0 Å². The molecule has 3 N–H and O–H groups in total. The summed E-state index contributed by atoms with van der Waals surface area (Å²) < 4.78 is 0. The highest BCUT2D eigenvalue weighted by atomic mass is 16.2. The van der Waals surface area contributed by atoms with Gasteiger partial charge in [-0.05, 0) is 24.2 Å². The van der Waals surface area contributed by atoms with E-state index in [4.69, 9.17) is 5.73 Å². The van der Waals surface area contributed by atoms with Crippen LogP contribution in [-0.2, 0) is 4.79 Å². The first-order valence-electron chi connectivity index (χ1n) is 6.81. The highest BCUT2D eigenvalue weighted by Crippen LogP contribution is 2.21. The Morgan fingerprint density at radius 2 is 1.88 bits per heavy atom. The summed E-state index contributed by atoms with van der Waals surface area (Å²) in [5, 5.41) is 2.92. The lowest BCUT2D eigenvalue weighted by atomic mass is 9.90. The van der Waals surface area contributed by atoms with Gasteiger partial charge in [0.05, 0.1) is 6.04 Å². The Bertz CT molecular complexity index is 221. The van der Waals surface area contributed by atoms with E-state index in [2.05, 4.69) is 33.0 Å². The fourth-order valence-electron chi connectivity index (χ4n) is 1.62. The Balaban J connectivity index is 3.65. The first-order valence-corrected chi connectivity index (χ1v) is 6.81. The molecule has 3 nitrogen and oxygen atoms in total. The molecule has 0 aromatic carbocycles. The third-order valence-corrected chi connectivity index (χ3v) is 3.21. The smallest absolute Gasteiger partial charge is 0.237 e. The van der Waals surface area contributed by atoms with Gasteiger partial charge in [-0.1, -0.05) is 47.5 Å². The number of carbonyl (C=O) groups is 1. The number of rotatable bonds is 7. The zero-order valence-electron chi connectivity index (χ0n) is 12.2. The highest BCUT2D eigenvalue weighted by molar-refractivity contribution is 5.81. The predicted octanol–water partition coefficient (Wildman–Crippen LogP) is 2.69. The summed E-state index contributed by atoms with van der Waals surface area (Å²) in [6.07, 6.45) is 4.33. The molecular weight excluding hydrogens is 212 g/mol. The van der Waals surface area contributed by atoms with Crippen molar-refractivity contribution in [3.8, 4) is 0 Å². The molecule has 0 radical (unpaired) electrons. The maximum Gasteiger partial charge on any atom is 0.237 e. The zero-order valence-corrected chi connectivity index (χ0v) is 12.2. The molecule has 1 amide bonds. The molecule has 3 heteroatoms. The largest absolute Gasteiger partial charge is 0.355 e. The number of unbranched alkanes of at least 4 members (excludes halogenated alkanes) is 1. The van der Waals surface area contributed by atoms with Gasteiger partial charge in [-0.15, -0.1) is 0 Å². The van der Waals surface area contributed by atoms with Crippen LogP contribution in [0.15, 0.2) is 0 Å². The lowest BCUT2D eigenvalue weighted by Gasteiger charge is -2.19. The SMILES string of the molecule is CCC(C)C(N)C(=O)NCCCCC(C)(C)C. The van der Waals surface area contributed by atoms with Gasteiger partial charge in [-0.3, -0.25) is 4.79 Å². The maximum atomic E-state index is 11.7. The predicted molar refractivity (Wildman–Crippen MR) is 73.7 cm³/mol. The second-order valence-electron chi connectivity index (χ2n) is 6.22. The summed E-state index contributed by atoms with van der Waals surface area (Å²) in [4.78, 5) is 11.7. The molecule has 0 aliphatic rings. The highest BCUT2D eigenvalue weighted by Gasteiger charge is 2.18. The summed E-state index contributed by atoms with van der Waals surface area (Å²) in [6, 6.07) is -0.359. The van der Waals surface area contributed by atoms with Gasteiger partial charge in [0.1, 0.15) is 0 Å². The van der Waals surface area contributed by atoms with Gasteiger partial charge in [-0.2, -0.15) is 0 Å². The zero-order chi connectivity index (χ0) is 13.5. The van der Waals surface area contributed by atoms with Crippen molar-refractivity contribution in [2.24, 2.45) is 17.1 Å². The number of nitrogens with one attached hydrogen (secondary N) is 1. The number of amides is 1. The Morgan fingerprint density at radius 3 is 2.35 bits per heavy atom. The van der Waals surface area contributed by atoms with Crippen molar-refractivity contribution in [1.29, 1.82) is 0 Å². The summed E-state index contributed by atoms with van der Waals surface area (Å²) in [7, 11) is 0. The van der Waals surface area contributed by atoms with Crippen molar-refractivity contribution in [3.05, 3.63) is 0 Å². The lowest BCUT2D eigenvalue weighted by Crippen LogP contribution is -2.44. The molecule has 0 saturated heterocycles. The molecule has 0 aromatic heterocycles. The molecule has 0 fully saturated rings. The molecular formula is C14H30N2O. The molecule has 17 heavy (non-hydrogen) atoms. The normalized spacial score (nSPS) is 15.4. The Kier molecular flexibility index (Phi) is 7.44. The molecule has 0 heterocycles. The minimum atomic E-state index is -0.359. The minimum absolute atomic E-state index is 0.00453. The fraction of sp³-hybridized carbons (Fsp3) is 0.929. The van der Waals surface area contributed by atoms with Gasteiger partial charge in [0.25, 0.3) is 0 Å². The average Bonchev–Trinajstić information content (AvgIpc) is 2.24. The molecule has 2 atom stereocenters. The van der Waals surface area contributed by atoms with Gasteiger partial charge in [0, 0.05) is 6.54 Å². The number of hydrogen-bond acceptors (Lipinski definition) is 2. The van der Waals surface area contributed by atoms with Crippen LogP contribution < -0.4 is 11.1 Å². The molecule has 0 spiro atoms. The van der Waals surface area contributed by atoms with Crippen LogP contribution in [0, 0.1) is 11.3 Å². The van der Waals surface area contributed by atoms with Gasteiger partial charge >= 0.3 is 0 Å². The van der Waals surface area contributed by atoms with Crippen molar-refractivity contribution in [3.63, 3.8) is 0 Å². The van der Waals surface area contributed by atoms with Crippen LogP contribution in [0.1, 0.15) is 60.3 Å². The fourth-order valence-corrected chi connectivity index (χ4v) is 1.62. The van der Waals surface area contributed by atoms with E-state index in [0.29, 0.717) is 5.41 Å². The van der Waals surface area contributed by atoms with E-state index >= 15 is 0 Å². The van der Waals surface area contributed by atoms with Gasteiger partial charge in [0.2, 0.25) is 5.91 Å². The molecule has 0 bridgehead atoms. The molecule has 0 aliphatic carbocycles. The summed E-state index contributed by atoms with van der Waals surface area (Å²) >= 11 is 0. The van der Waals surface area contributed by atoms with Crippen molar-refractivity contribution >= 4 is 5.91 Å². The second kappa shape index (κ2) is 7.70. The monoisotopic (exact) mass is 242 g/mol. The van der Waals surface area contributed by atoms with Crippen LogP contribution in [0.25, 0.3) is 0 Å². The van der Waals surface area contributed by atoms with Crippen molar-refractivity contribution < 1.29 is 4.79 Å². The first-order chi connectivity index (χ1) is 7.78. The van der Waals surface area contributed by atoms with E-state index in [-0.39, 0.29) is 17.9 Å². The van der Waals surface area contributed by atoms with E-state index < -0.39 is 0 Å². The van der Waals surface area contributed by atoms with Crippen LogP contribution in [0.5, 0.6) is 0 Å². The number of nitrogens with two attached hydrogens (primary N) is 1. The average molecular weight is 242 g/mol. The summed E-state index contributed by atoms with van der Waals surface area (Å²) in [5.41, 5.74) is 6.23. The number of hydrogen-bond donors (Lipinski definition) is 2. The van der Waals surface area contributed by atoms with Crippen molar-refractivity contribution in [2.75, 3.05) is 6.54 Å². The van der Waals surface area contributed by atoms with E-state index in [1.54, 1.807) is 0 Å². The van der Waals surface area contributed by atoms with Gasteiger partial charge in [0.15, 0.2) is 0 Å². The lowest BCUT2D eigenvalue weighted by molar-refractivity contribution is -0.123. The molecule has 102 valence electrons. The third-order valence-electron chi connectivity index (χ3n) is 3.21. The standard InChI is InChI=1S/C14H30N2O/c1-6-11(2)12(15)13(17)16-10-8-7-9-14(3,4)5/h11-12H,6-10,15H2,1-5H3,(H,16,17). The van der Waals surface area contributed by atoms with E-state index in [0.717, 1.165) is 25.8 Å². The topological polar surface area (TPSA) is 55.1 Å². The van der Waals surface area contributed by atoms with Crippen molar-refractivity contribution in [2.45, 2.75) is 66.3 Å². The Hall–Kier alpha value is -0.570. The summed E-state index contributed by atoms with van der Waals surface area (Å²) in [6.45, 7) is 11.5. The van der Waals surface area contributed by atoms with Crippen LogP contribution in [-0.4, -0.2) is 18.5 Å². The minimum Gasteiger partial charge on any atom is -0.355 e. The maximum absolute atomic E-state index is 11.7. The van der Waals surface area contributed by atoms with Crippen LogP contribution in [0.4, 0.5) is 0 Å². The quantitative estimate of drug-likeness (QED) is 0.674. The van der Waals surface area contributed by atoms with E-state index in [1.807, 2.05) is 6.92 Å². The first kappa shape index (κ1) is 16.4. The summed E-state index contributed by atoms with van der Waals surface area (Å²) in [5.74, 6) is 0.250. The molecule has 0 saturated carbocycles. The molecule has 0 aliphatic heterocycles. The third kappa shape index (κ3) is 8.19. The molecule has 0 aromatic rings. The molecule has 0 rings (SSSR count). The Morgan fingerprint density at radius 1 is 1.29 bits per heavy atom. The number of carbonyl (C=O) groups excluding carboxylic acids is 1. The van der Waals surface area contributed by atoms with E-state index in [1.165, 1.54) is 6.42 Å². The van der Waals surface area contributed by atoms with Gasteiger partial charge in [-0.25, -0.2) is 0 Å². The second-order valence-corrected chi connectivity index (χ2v) is 6.22. The van der Waals surface area contributed by atoms with Gasteiger partial charge < -0.3 is 11.1 Å². The van der Waals surface area contributed by atoms with Crippen molar-refractivity contribution in [1.82, 2.24) is 5.32 Å². The van der Waals surface area contributed by atoms with Crippen LogP contribution >= 0.6 is 0 Å². The Labute approximate surface area is 107 Å². The van der Waals surface area contributed by atoms with Crippen LogP contribution in [0.3, 0.4) is 0 Å². The molecule has 2 unspecified atom stereocenters. The van der Waals surface area contributed by atoms with E-state index in [9.17, 15) is 4.79 Å².